The van der Waals surface area contributed by atoms with E-state index in [2.05, 4.69) is 5.32 Å². The first kappa shape index (κ1) is 14.8. The van der Waals surface area contributed by atoms with Gasteiger partial charge in [-0.3, -0.25) is 14.9 Å². The van der Waals surface area contributed by atoms with E-state index in [0.717, 1.165) is 16.0 Å². The van der Waals surface area contributed by atoms with Crippen molar-refractivity contribution in [3.8, 4) is 0 Å². The monoisotopic (exact) mass is 287 g/mol. The number of barbiturate groups is 1. The van der Waals surface area contributed by atoms with Gasteiger partial charge < -0.3 is 4.90 Å². The van der Waals surface area contributed by atoms with Gasteiger partial charge in [0.1, 0.15) is 5.57 Å². The van der Waals surface area contributed by atoms with Crippen LogP contribution in [0.1, 0.15) is 11.1 Å². The van der Waals surface area contributed by atoms with Crippen LogP contribution in [0, 0.1) is 13.8 Å². The third-order valence-corrected chi connectivity index (χ3v) is 3.08. The van der Waals surface area contributed by atoms with E-state index in [0.29, 0.717) is 5.69 Å². The predicted molar refractivity (Wildman–Crippen MR) is 78.7 cm³/mol. The van der Waals surface area contributed by atoms with E-state index in [9.17, 15) is 14.4 Å². The second-order valence-corrected chi connectivity index (χ2v) is 5.20. The van der Waals surface area contributed by atoms with Gasteiger partial charge in [-0.15, -0.1) is 0 Å². The third kappa shape index (κ3) is 2.79. The Bertz CT molecular complexity index is 662. The Hall–Kier alpha value is -2.63. The zero-order valence-electron chi connectivity index (χ0n) is 12.4. The zero-order valence-corrected chi connectivity index (χ0v) is 12.4. The molecule has 2 rings (SSSR count). The average Bonchev–Trinajstić information content (AvgIpc) is 2.36. The predicted octanol–water partition coefficient (Wildman–Crippen LogP) is 1.33. The summed E-state index contributed by atoms with van der Waals surface area (Å²) in [6.45, 7) is 3.74. The highest BCUT2D eigenvalue weighted by Gasteiger charge is 2.37. The third-order valence-electron chi connectivity index (χ3n) is 3.08. The molecule has 0 unspecified atom stereocenters. The van der Waals surface area contributed by atoms with Crippen LogP contribution in [-0.2, 0) is 9.59 Å². The maximum Gasteiger partial charge on any atom is 0.335 e. The van der Waals surface area contributed by atoms with Gasteiger partial charge in [-0.25, -0.2) is 9.69 Å². The van der Waals surface area contributed by atoms with Crippen LogP contribution in [0.3, 0.4) is 0 Å². The number of benzene rings is 1. The molecule has 1 saturated heterocycles. The number of nitrogens with zero attached hydrogens (tertiary/aromatic N) is 2. The second kappa shape index (κ2) is 5.40. The molecular formula is C15H17N3O3. The second-order valence-electron chi connectivity index (χ2n) is 5.20. The molecule has 1 aliphatic heterocycles. The van der Waals surface area contributed by atoms with Gasteiger partial charge in [-0.2, -0.15) is 0 Å². The summed E-state index contributed by atoms with van der Waals surface area (Å²) in [5.74, 6) is -1.30. The number of imide groups is 2. The molecule has 21 heavy (non-hydrogen) atoms. The van der Waals surface area contributed by atoms with E-state index in [-0.39, 0.29) is 5.57 Å². The lowest BCUT2D eigenvalue weighted by Crippen LogP contribution is -2.55. The molecule has 6 heteroatoms. The molecule has 110 valence electrons. The van der Waals surface area contributed by atoms with Crippen LogP contribution >= 0.6 is 0 Å². The Morgan fingerprint density at radius 3 is 2.38 bits per heavy atom. The Morgan fingerprint density at radius 2 is 1.81 bits per heavy atom. The molecule has 1 aromatic rings. The number of rotatable bonds is 2. The van der Waals surface area contributed by atoms with E-state index in [1.54, 1.807) is 25.1 Å². The maximum atomic E-state index is 12.5. The van der Waals surface area contributed by atoms with Gasteiger partial charge in [0.05, 0.1) is 5.69 Å². The molecule has 0 bridgehead atoms. The van der Waals surface area contributed by atoms with Crippen molar-refractivity contribution < 1.29 is 14.4 Å². The highest BCUT2D eigenvalue weighted by atomic mass is 16.2. The Kier molecular flexibility index (Phi) is 3.80. The highest BCUT2D eigenvalue weighted by Crippen LogP contribution is 2.25. The van der Waals surface area contributed by atoms with Crippen LogP contribution < -0.4 is 10.2 Å². The fourth-order valence-corrected chi connectivity index (χ4v) is 2.18. The molecule has 1 heterocycles. The number of hydrogen-bond acceptors (Lipinski definition) is 4. The molecular weight excluding hydrogens is 270 g/mol. The van der Waals surface area contributed by atoms with Crippen LogP contribution in [0.5, 0.6) is 0 Å². The maximum absolute atomic E-state index is 12.5. The smallest absolute Gasteiger partial charge is 0.335 e. The Morgan fingerprint density at radius 1 is 1.14 bits per heavy atom. The average molecular weight is 287 g/mol. The molecule has 1 aromatic carbocycles. The van der Waals surface area contributed by atoms with Crippen molar-refractivity contribution >= 4 is 23.5 Å². The number of hydrogen-bond donors (Lipinski definition) is 1. The van der Waals surface area contributed by atoms with Crippen molar-refractivity contribution in [2.24, 2.45) is 0 Å². The molecule has 1 fully saturated rings. The summed E-state index contributed by atoms with van der Waals surface area (Å²) in [5, 5.41) is 2.19. The minimum Gasteiger partial charge on any atom is -0.383 e. The van der Waals surface area contributed by atoms with Gasteiger partial charge in [0.25, 0.3) is 11.8 Å². The van der Waals surface area contributed by atoms with Crippen molar-refractivity contribution in [2.75, 3.05) is 19.0 Å². The minimum atomic E-state index is -0.729. The number of carbonyl (C=O) groups excluding carboxylic acids is 3. The highest BCUT2D eigenvalue weighted by molar-refractivity contribution is 6.37. The molecule has 1 aliphatic rings. The fourth-order valence-electron chi connectivity index (χ4n) is 2.18. The Balaban J connectivity index is 2.49. The van der Waals surface area contributed by atoms with Gasteiger partial charge in [-0.05, 0) is 25.5 Å². The molecule has 0 saturated carbocycles. The van der Waals surface area contributed by atoms with Gasteiger partial charge in [-0.1, -0.05) is 17.7 Å². The van der Waals surface area contributed by atoms with E-state index in [1.807, 2.05) is 26.0 Å². The summed E-state index contributed by atoms with van der Waals surface area (Å²) in [6.07, 6.45) is 1.40. The number of aryl methyl sites for hydroxylation is 2. The molecule has 4 amide bonds. The van der Waals surface area contributed by atoms with Crippen LogP contribution in [0.2, 0.25) is 0 Å². The van der Waals surface area contributed by atoms with E-state index >= 15 is 0 Å². The van der Waals surface area contributed by atoms with Crippen LogP contribution in [0.4, 0.5) is 10.5 Å². The van der Waals surface area contributed by atoms with Gasteiger partial charge >= 0.3 is 6.03 Å². The van der Waals surface area contributed by atoms with E-state index in [4.69, 9.17) is 0 Å². The number of nitrogens with one attached hydrogen (secondary N) is 1. The van der Waals surface area contributed by atoms with E-state index < -0.39 is 17.8 Å². The number of carbonyl (C=O) groups is 3. The molecule has 0 spiro atoms. The lowest BCUT2D eigenvalue weighted by Gasteiger charge is -2.28. The summed E-state index contributed by atoms with van der Waals surface area (Å²) in [4.78, 5) is 38.9. The molecule has 0 radical (unpaired) electrons. The zero-order chi connectivity index (χ0) is 15.7. The van der Waals surface area contributed by atoms with Crippen molar-refractivity contribution in [2.45, 2.75) is 13.8 Å². The quantitative estimate of drug-likeness (QED) is 0.658. The molecule has 0 aromatic heterocycles. The van der Waals surface area contributed by atoms with E-state index in [1.165, 1.54) is 6.20 Å². The summed E-state index contributed by atoms with van der Waals surface area (Å²) < 4.78 is 0. The Labute approximate surface area is 123 Å². The SMILES string of the molecule is Cc1ccc(N2C(=O)NC(=O)/C(=C/N(C)C)C2=O)c(C)c1. The summed E-state index contributed by atoms with van der Waals surface area (Å²) in [7, 11) is 3.40. The fraction of sp³-hybridized carbons (Fsp3) is 0.267. The minimum absolute atomic E-state index is 0.0698. The number of anilines is 1. The normalized spacial score (nSPS) is 17.2. The van der Waals surface area contributed by atoms with Crippen molar-refractivity contribution in [3.05, 3.63) is 41.1 Å². The molecule has 6 nitrogen and oxygen atoms in total. The lowest BCUT2D eigenvalue weighted by atomic mass is 10.1. The largest absolute Gasteiger partial charge is 0.383 e. The summed E-state index contributed by atoms with van der Waals surface area (Å²) in [6, 6.07) is 4.66. The van der Waals surface area contributed by atoms with Crippen molar-refractivity contribution in [1.29, 1.82) is 0 Å². The molecule has 0 atom stereocenters. The standard InChI is InChI=1S/C15H17N3O3/c1-9-5-6-12(10(2)7-9)18-14(20)11(8-17(3)4)13(19)16-15(18)21/h5-8H,1-4H3,(H,16,19,21)/b11-8-. The lowest BCUT2D eigenvalue weighted by molar-refractivity contribution is -0.122. The molecule has 0 aliphatic carbocycles. The topological polar surface area (TPSA) is 69.7 Å². The first-order valence-electron chi connectivity index (χ1n) is 6.46. The van der Waals surface area contributed by atoms with Gasteiger partial charge in [0.2, 0.25) is 0 Å². The first-order valence-corrected chi connectivity index (χ1v) is 6.46. The summed E-state index contributed by atoms with van der Waals surface area (Å²) in [5.41, 5.74) is 2.22. The van der Waals surface area contributed by atoms with Crippen LogP contribution in [0.15, 0.2) is 30.0 Å². The number of urea groups is 1. The first-order chi connectivity index (χ1) is 9.81. The summed E-state index contributed by atoms with van der Waals surface area (Å²) >= 11 is 0. The van der Waals surface area contributed by atoms with Crippen molar-refractivity contribution in [1.82, 2.24) is 10.2 Å². The van der Waals surface area contributed by atoms with Crippen molar-refractivity contribution in [3.63, 3.8) is 0 Å². The van der Waals surface area contributed by atoms with Crippen LogP contribution in [-0.4, -0.2) is 36.8 Å². The van der Waals surface area contributed by atoms with Gasteiger partial charge in [0, 0.05) is 20.3 Å². The van der Waals surface area contributed by atoms with Crippen LogP contribution in [0.25, 0.3) is 0 Å². The number of amides is 4. The molecule has 1 N–H and O–H groups in total. The van der Waals surface area contributed by atoms with Gasteiger partial charge in [0.15, 0.2) is 0 Å².